The number of hydrogen-bond acceptors (Lipinski definition) is 1. The van der Waals surface area contributed by atoms with Crippen LogP contribution in [0, 0.1) is 0 Å². The van der Waals surface area contributed by atoms with Gasteiger partial charge in [-0.25, -0.2) is 0 Å². The Morgan fingerprint density at radius 3 is 1.38 bits per heavy atom. The van der Waals surface area contributed by atoms with Crippen molar-refractivity contribution in [2.75, 3.05) is 0 Å². The average molecular weight is 860 g/mol. The van der Waals surface area contributed by atoms with E-state index >= 15 is 0 Å². The molecule has 13 rings (SSSR count). The maximum absolute atomic E-state index is 6.56. The van der Waals surface area contributed by atoms with E-state index in [4.69, 9.17) is 4.42 Å². The van der Waals surface area contributed by atoms with Crippen LogP contribution in [0.5, 0.6) is 0 Å². The minimum atomic E-state index is -3.12. The Kier molecular flexibility index (Phi) is 8.86. The van der Waals surface area contributed by atoms with E-state index in [-0.39, 0.29) is 0 Å². The van der Waals surface area contributed by atoms with E-state index in [0.29, 0.717) is 0 Å². The quantitative estimate of drug-likeness (QED) is 0.110. The fourth-order valence-corrected chi connectivity index (χ4v) is 16.6. The normalized spacial score (nSPS) is 12.2. The van der Waals surface area contributed by atoms with Crippen LogP contribution in [0.25, 0.3) is 88.4 Å². The van der Waals surface area contributed by atoms with Gasteiger partial charge in [0.2, 0.25) is 0 Å². The van der Waals surface area contributed by atoms with Crippen molar-refractivity contribution in [3.8, 4) is 33.8 Å². The van der Waals surface area contributed by atoms with E-state index in [9.17, 15) is 0 Å². The van der Waals surface area contributed by atoms with Crippen molar-refractivity contribution in [1.29, 1.82) is 0 Å². The van der Waals surface area contributed by atoms with Gasteiger partial charge < -0.3 is 0 Å². The fourth-order valence-electron chi connectivity index (χ4n) is 11.1. The Bertz CT molecular complexity index is 3790. The van der Waals surface area contributed by atoms with Crippen molar-refractivity contribution in [1.82, 2.24) is 9.13 Å². The van der Waals surface area contributed by atoms with Gasteiger partial charge >= 0.3 is 253 Å². The number of nitrogens with zero attached hydrogens (tertiary/aromatic N) is 2. The summed E-state index contributed by atoms with van der Waals surface area (Å²) in [6, 6.07) is 93.6. The van der Waals surface area contributed by atoms with E-state index in [1.54, 1.807) is 0 Å². The Hall–Kier alpha value is -8.44. The molecule has 0 spiro atoms. The van der Waals surface area contributed by atoms with E-state index < -0.39 is 8.07 Å². The Morgan fingerprint density at radius 1 is 0.288 bits per heavy atom. The van der Waals surface area contributed by atoms with Gasteiger partial charge in [-0.2, -0.15) is 0 Å². The first-order chi connectivity index (χ1) is 32.7. The molecule has 0 atom stereocenters. The molecule has 10 aromatic carbocycles. The summed E-state index contributed by atoms with van der Waals surface area (Å²) in [5, 5.41) is 11.4. The molecule has 3 heterocycles. The summed E-state index contributed by atoms with van der Waals surface area (Å²) in [5.74, 6) is 1.10. The standard InChI is InChI=1S/C62H43N2OSi/c1-4-22-49(23-5-1)66(50-24-6-2-7-25-50,51-26-8-3-9-27-51)52-28-17-21-45(39-52)43-19-16-20-44(38-43)46-34-36-60-55(40-46)56-42-48(35-37-61(56)65-60)63-57-31-13-10-18-47(57)41-62(63)64-58-32-14-11-29-53(58)54-30-12-15-33-59(54)64/h1-42,66H/q-1. The molecule has 13 aromatic rings. The van der Waals surface area contributed by atoms with Gasteiger partial charge in [-0.15, -0.1) is 0 Å². The summed E-state index contributed by atoms with van der Waals surface area (Å²) >= 11 is 0. The summed E-state index contributed by atoms with van der Waals surface area (Å²) < 4.78 is 11.4. The fraction of sp³-hybridized carbons (Fsp3) is 0. The second-order valence-corrected chi connectivity index (χ2v) is 22.0. The number of rotatable bonds is 8. The minimum absolute atomic E-state index is 0.870. The summed E-state index contributed by atoms with van der Waals surface area (Å²) in [6.07, 6.45) is 0. The molecule has 4 heteroatoms. The zero-order valence-electron chi connectivity index (χ0n) is 36.1. The van der Waals surface area contributed by atoms with Crippen molar-refractivity contribution in [2.24, 2.45) is 0 Å². The Labute approximate surface area is 383 Å². The molecular weight excluding hydrogens is 817 g/mol. The van der Waals surface area contributed by atoms with Crippen LogP contribution < -0.4 is 20.7 Å². The molecule has 0 aliphatic heterocycles. The van der Waals surface area contributed by atoms with Crippen LogP contribution >= 0.6 is 0 Å². The Balaban J connectivity index is 0.935. The van der Waals surface area contributed by atoms with Gasteiger partial charge in [0.05, 0.1) is 16.6 Å². The summed E-state index contributed by atoms with van der Waals surface area (Å²) in [7, 11) is -3.12. The van der Waals surface area contributed by atoms with Crippen molar-refractivity contribution < 1.29 is 4.42 Å². The third kappa shape index (κ3) is 5.96. The topological polar surface area (TPSA) is 23.0 Å². The van der Waals surface area contributed by atoms with E-state index in [1.807, 2.05) is 0 Å². The van der Waals surface area contributed by atoms with Crippen LogP contribution in [-0.2, 0) is 0 Å². The Morgan fingerprint density at radius 2 is 0.758 bits per heavy atom. The van der Waals surface area contributed by atoms with Crippen LogP contribution in [0.4, 0.5) is 0 Å². The number of fused-ring (bicyclic) bond motifs is 7. The third-order valence-electron chi connectivity index (χ3n) is 14.0. The molecule has 3 aromatic heterocycles. The molecule has 0 fully saturated rings. The van der Waals surface area contributed by atoms with Crippen LogP contribution in [0.1, 0.15) is 0 Å². The number of benzene rings is 10. The first-order valence-corrected chi connectivity index (χ1v) is 25.1. The zero-order chi connectivity index (χ0) is 43.6. The molecule has 312 valence electrons. The predicted octanol–water partition coefficient (Wildman–Crippen LogP) is 13.1. The molecule has 0 aliphatic rings. The van der Waals surface area contributed by atoms with Crippen LogP contribution in [-0.4, -0.2) is 17.2 Å². The first kappa shape index (κ1) is 38.1. The second-order valence-electron chi connectivity index (χ2n) is 17.6. The third-order valence-corrected chi connectivity index (χ3v) is 19.5. The van der Waals surface area contributed by atoms with Gasteiger partial charge in [0.25, 0.3) is 0 Å². The van der Waals surface area contributed by atoms with Gasteiger partial charge in [-0.1, -0.05) is 54.6 Å². The molecule has 0 radical (unpaired) electrons. The van der Waals surface area contributed by atoms with Gasteiger partial charge in [0, 0.05) is 16.2 Å². The molecule has 0 aliphatic carbocycles. The monoisotopic (exact) mass is 859 g/mol. The van der Waals surface area contributed by atoms with Gasteiger partial charge in [-0.3, -0.25) is 9.13 Å². The van der Waals surface area contributed by atoms with E-state index in [2.05, 4.69) is 264 Å². The van der Waals surface area contributed by atoms with Crippen LogP contribution in [0.3, 0.4) is 0 Å². The molecule has 3 nitrogen and oxygen atoms in total. The van der Waals surface area contributed by atoms with Crippen molar-refractivity contribution in [3.05, 3.63) is 255 Å². The second kappa shape index (κ2) is 15.4. The summed E-state index contributed by atoms with van der Waals surface area (Å²) in [6.45, 7) is 0. The first-order valence-electron chi connectivity index (χ1n) is 22.8. The number of aromatic nitrogens is 2. The molecule has 0 amide bonds. The summed E-state index contributed by atoms with van der Waals surface area (Å²) in [4.78, 5) is 0. The molecule has 0 saturated heterocycles. The van der Waals surface area contributed by atoms with Crippen molar-refractivity contribution in [2.45, 2.75) is 0 Å². The van der Waals surface area contributed by atoms with E-state index in [0.717, 1.165) is 50.1 Å². The maximum atomic E-state index is 6.56. The van der Waals surface area contributed by atoms with Gasteiger partial charge in [0.1, 0.15) is 5.82 Å². The SMILES string of the molecule is c1ccc([SiH-](c2ccccc2)(c2ccccc2)c2cccc(-c3cccc(-c4ccc5oc6ccc(-n7c(-n8c9ccccc9c9ccccc98)cc8ccccc87)cc6c5c4)c3)c2)cc1. The number of furan rings is 1. The molecule has 0 unspecified atom stereocenters. The van der Waals surface area contributed by atoms with Gasteiger partial charge in [-0.05, 0) is 30.3 Å². The van der Waals surface area contributed by atoms with Crippen molar-refractivity contribution >= 4 is 83.5 Å². The van der Waals surface area contributed by atoms with Gasteiger partial charge in [0.15, 0.2) is 0 Å². The number of para-hydroxylation sites is 3. The van der Waals surface area contributed by atoms with E-state index in [1.165, 1.54) is 59.1 Å². The molecule has 0 saturated carbocycles. The average Bonchev–Trinajstić information content (AvgIpc) is 4.07. The van der Waals surface area contributed by atoms with Crippen LogP contribution in [0.15, 0.2) is 259 Å². The predicted molar refractivity (Wildman–Crippen MR) is 281 cm³/mol. The van der Waals surface area contributed by atoms with Crippen molar-refractivity contribution in [3.63, 3.8) is 0 Å². The summed E-state index contributed by atoms with van der Waals surface area (Å²) in [5.41, 5.74) is 11.0. The zero-order valence-corrected chi connectivity index (χ0v) is 37.3. The molecule has 0 bridgehead atoms. The van der Waals surface area contributed by atoms with Crippen LogP contribution in [0.2, 0.25) is 0 Å². The molecular formula is C62H43N2OSi-. The molecule has 0 N–H and O–H groups in total. The molecule has 66 heavy (non-hydrogen) atoms. The number of hydrogen-bond donors (Lipinski definition) is 0.